The van der Waals surface area contributed by atoms with Gasteiger partial charge in [0.05, 0.1) is 24.8 Å². The number of hydrogen-bond donors (Lipinski definition) is 1. The summed E-state index contributed by atoms with van der Waals surface area (Å²) in [4.78, 5) is 23.1. The van der Waals surface area contributed by atoms with E-state index in [4.69, 9.17) is 26.1 Å². The number of nitrogens with zero attached hydrogens (tertiary/aromatic N) is 4. The van der Waals surface area contributed by atoms with Gasteiger partial charge in [-0.1, -0.05) is 29.8 Å². The van der Waals surface area contributed by atoms with Crippen LogP contribution in [0.5, 0.6) is 5.75 Å². The lowest BCUT2D eigenvalue weighted by Gasteiger charge is -2.37. The Balaban J connectivity index is 1.11. The molecule has 0 bridgehead atoms. The van der Waals surface area contributed by atoms with Gasteiger partial charge in [0.15, 0.2) is 16.9 Å². The van der Waals surface area contributed by atoms with Crippen LogP contribution >= 0.6 is 11.6 Å². The number of carboxylic acids is 1. The summed E-state index contributed by atoms with van der Waals surface area (Å²) in [5, 5.41) is 9.74. The monoisotopic (exact) mass is 620 g/mol. The van der Waals surface area contributed by atoms with Gasteiger partial charge in [-0.25, -0.2) is 23.5 Å². The fourth-order valence-corrected chi connectivity index (χ4v) is 6.64. The Morgan fingerprint density at radius 2 is 1.91 bits per heavy atom. The third kappa shape index (κ3) is 5.25. The molecule has 2 atom stereocenters. The first-order valence-corrected chi connectivity index (χ1v) is 15.2. The fraction of sp³-hybridized carbons (Fsp3) is 0.364. The van der Waals surface area contributed by atoms with Crippen LogP contribution in [-0.4, -0.2) is 56.3 Å². The van der Waals surface area contributed by atoms with Crippen molar-refractivity contribution in [3.63, 3.8) is 0 Å². The van der Waals surface area contributed by atoms with Gasteiger partial charge in [-0.15, -0.1) is 0 Å². The number of pyridine rings is 1. The summed E-state index contributed by atoms with van der Waals surface area (Å²) < 4.78 is 44.6. The number of aromatic carboxylic acids is 1. The minimum atomic E-state index is -1.33. The molecule has 3 aliphatic rings. The average Bonchev–Trinajstić information content (AvgIpc) is 3.30. The Labute approximate surface area is 257 Å². The van der Waals surface area contributed by atoms with Crippen molar-refractivity contribution in [3.8, 4) is 5.75 Å². The summed E-state index contributed by atoms with van der Waals surface area (Å²) in [6, 6.07) is 13.0. The van der Waals surface area contributed by atoms with Crippen LogP contribution in [0, 0.1) is 5.82 Å². The second kappa shape index (κ2) is 11.3. The maximum Gasteiger partial charge on any atom is 0.354 e. The zero-order valence-electron chi connectivity index (χ0n) is 24.1. The van der Waals surface area contributed by atoms with Gasteiger partial charge in [-0.2, -0.15) is 0 Å². The van der Waals surface area contributed by atoms with Crippen LogP contribution in [0.4, 0.5) is 8.78 Å². The topological polar surface area (TPSA) is 89.7 Å². The van der Waals surface area contributed by atoms with E-state index in [9.17, 15) is 14.3 Å². The van der Waals surface area contributed by atoms with Crippen LogP contribution in [-0.2, 0) is 23.4 Å². The summed E-state index contributed by atoms with van der Waals surface area (Å²) >= 11 is 5.97. The van der Waals surface area contributed by atoms with E-state index in [2.05, 4.69) is 9.88 Å². The van der Waals surface area contributed by atoms with Gasteiger partial charge in [-0.05, 0) is 87.2 Å². The number of carboxylic acid groups (broad SMARTS) is 1. The zero-order valence-corrected chi connectivity index (χ0v) is 24.9. The van der Waals surface area contributed by atoms with E-state index in [0.29, 0.717) is 42.2 Å². The number of ether oxygens (including phenoxy) is 2. The summed E-state index contributed by atoms with van der Waals surface area (Å²) in [5.41, 5.74) is 1.35. The van der Waals surface area contributed by atoms with E-state index in [-0.39, 0.29) is 28.3 Å². The summed E-state index contributed by atoms with van der Waals surface area (Å²) in [6.07, 6.45) is 3.93. The average molecular weight is 621 g/mol. The SMILES string of the molecule is CC1(c2ccc(Cl)cc2F)C=C(F)c2cccc(C3CCN(Cc4nc5ccc(C(=O)O)nc5n4C[C@@H]4CCO4)CC3)c2O1. The lowest BCUT2D eigenvalue weighted by atomic mass is 9.85. The standard InChI is InChI=1S/C33H31ClF2N4O4/c1-33(24-6-5-20(34)15-25(24)35)16-26(36)23-4-2-3-22(30(23)44-33)19-9-12-39(13-10-19)18-29-37-27-7-8-28(32(41)42)38-31(27)40(29)17-21-11-14-43-21/h2-8,15-16,19,21H,9-14,17-18H2,1H3,(H,41,42)/t21-,33?/m0/s1. The zero-order chi connectivity index (χ0) is 30.6. The quantitative estimate of drug-likeness (QED) is 0.246. The molecule has 1 unspecified atom stereocenters. The molecule has 0 spiro atoms. The normalized spacial score (nSPS) is 22.3. The number of halogens is 3. The molecule has 0 amide bonds. The lowest BCUT2D eigenvalue weighted by Crippen LogP contribution is -2.36. The number of carbonyl (C=O) groups is 1. The van der Waals surface area contributed by atoms with Gasteiger partial charge in [0.2, 0.25) is 0 Å². The van der Waals surface area contributed by atoms with E-state index in [1.54, 1.807) is 25.1 Å². The molecule has 228 valence electrons. The molecule has 0 saturated carbocycles. The molecule has 2 aromatic carbocycles. The second-order valence-corrected chi connectivity index (χ2v) is 12.3. The highest BCUT2D eigenvalue weighted by Gasteiger charge is 2.38. The van der Waals surface area contributed by atoms with Gasteiger partial charge in [0.1, 0.15) is 28.7 Å². The van der Waals surface area contributed by atoms with Crippen molar-refractivity contribution in [3.05, 3.63) is 93.7 Å². The second-order valence-electron chi connectivity index (χ2n) is 11.9. The van der Waals surface area contributed by atoms with Crippen LogP contribution in [0.25, 0.3) is 17.0 Å². The number of fused-ring (bicyclic) bond motifs is 2. The summed E-state index contributed by atoms with van der Waals surface area (Å²) in [6.45, 7) is 5.06. The molecule has 2 saturated heterocycles. The number of piperidine rings is 1. The molecule has 4 aromatic rings. The molecule has 2 fully saturated rings. The number of hydrogen-bond acceptors (Lipinski definition) is 6. The van der Waals surface area contributed by atoms with E-state index in [0.717, 1.165) is 43.7 Å². The Morgan fingerprint density at radius 3 is 2.61 bits per heavy atom. The molecule has 1 N–H and O–H groups in total. The first kappa shape index (κ1) is 28.9. The van der Waals surface area contributed by atoms with Crippen LogP contribution in [0.3, 0.4) is 0 Å². The third-order valence-corrected chi connectivity index (χ3v) is 9.18. The van der Waals surface area contributed by atoms with Gasteiger partial charge in [0, 0.05) is 17.2 Å². The first-order valence-electron chi connectivity index (χ1n) is 14.8. The minimum absolute atomic E-state index is 0.0184. The highest BCUT2D eigenvalue weighted by Crippen LogP contribution is 2.47. The summed E-state index contributed by atoms with van der Waals surface area (Å²) in [7, 11) is 0. The van der Waals surface area contributed by atoms with Crippen molar-refractivity contribution in [1.82, 2.24) is 19.4 Å². The Hall–Kier alpha value is -3.86. The van der Waals surface area contributed by atoms with E-state index < -0.39 is 23.2 Å². The van der Waals surface area contributed by atoms with Crippen molar-refractivity contribution < 1.29 is 28.2 Å². The minimum Gasteiger partial charge on any atom is -0.477 e. The first-order chi connectivity index (χ1) is 21.2. The Kier molecular flexibility index (Phi) is 7.39. The largest absolute Gasteiger partial charge is 0.477 e. The maximum atomic E-state index is 15.5. The van der Waals surface area contributed by atoms with Crippen LogP contribution in [0.15, 0.2) is 54.6 Å². The Bertz CT molecular complexity index is 1800. The number of aromatic nitrogens is 3. The molecule has 0 radical (unpaired) electrons. The number of benzene rings is 2. The van der Waals surface area contributed by atoms with E-state index in [1.807, 2.05) is 16.7 Å². The third-order valence-electron chi connectivity index (χ3n) is 8.95. The number of imidazole rings is 1. The maximum absolute atomic E-state index is 15.5. The van der Waals surface area contributed by atoms with Crippen LogP contribution in [0.2, 0.25) is 5.02 Å². The predicted molar refractivity (Wildman–Crippen MR) is 161 cm³/mol. The van der Waals surface area contributed by atoms with Crippen molar-refractivity contribution in [2.45, 2.75) is 56.9 Å². The molecule has 3 aliphatic heterocycles. The van der Waals surface area contributed by atoms with E-state index in [1.165, 1.54) is 24.3 Å². The highest BCUT2D eigenvalue weighted by molar-refractivity contribution is 6.30. The molecule has 5 heterocycles. The van der Waals surface area contributed by atoms with E-state index >= 15 is 4.39 Å². The molecule has 8 nitrogen and oxygen atoms in total. The summed E-state index contributed by atoms with van der Waals surface area (Å²) in [5.74, 6) is -0.695. The van der Waals surface area contributed by atoms with Crippen molar-refractivity contribution in [2.24, 2.45) is 0 Å². The van der Waals surface area contributed by atoms with Crippen LogP contribution in [0.1, 0.15) is 65.1 Å². The van der Waals surface area contributed by atoms with Gasteiger partial charge in [-0.3, -0.25) is 4.90 Å². The molecular weight excluding hydrogens is 590 g/mol. The molecule has 11 heteroatoms. The predicted octanol–water partition coefficient (Wildman–Crippen LogP) is 6.71. The van der Waals surface area contributed by atoms with Gasteiger partial charge in [0.25, 0.3) is 0 Å². The molecule has 44 heavy (non-hydrogen) atoms. The number of likely N-dealkylation sites (tertiary alicyclic amines) is 1. The molecule has 0 aliphatic carbocycles. The molecule has 7 rings (SSSR count). The molecule has 2 aromatic heterocycles. The fourth-order valence-electron chi connectivity index (χ4n) is 6.48. The van der Waals surface area contributed by atoms with Crippen molar-refractivity contribution in [2.75, 3.05) is 19.7 Å². The number of rotatable bonds is 7. The smallest absolute Gasteiger partial charge is 0.354 e. The lowest BCUT2D eigenvalue weighted by molar-refractivity contribution is -0.0593. The van der Waals surface area contributed by atoms with Crippen molar-refractivity contribution >= 4 is 34.6 Å². The van der Waals surface area contributed by atoms with Gasteiger partial charge >= 0.3 is 5.97 Å². The van der Waals surface area contributed by atoms with Crippen LogP contribution < -0.4 is 4.74 Å². The highest BCUT2D eigenvalue weighted by atomic mass is 35.5. The Morgan fingerprint density at radius 1 is 1.11 bits per heavy atom. The molecular formula is C33H31ClF2N4O4. The number of para-hydroxylation sites is 1. The van der Waals surface area contributed by atoms with Gasteiger partial charge < -0.3 is 19.1 Å². The van der Waals surface area contributed by atoms with Crippen molar-refractivity contribution in [1.29, 1.82) is 0 Å².